The smallest absolute Gasteiger partial charge is 0.380 e. The fourth-order valence-corrected chi connectivity index (χ4v) is 12.5. The van der Waals surface area contributed by atoms with E-state index in [1.165, 1.54) is 36.4 Å². The number of alkyl halides is 6. The van der Waals surface area contributed by atoms with Crippen molar-refractivity contribution in [1.29, 1.82) is 0 Å². The van der Waals surface area contributed by atoms with Crippen LogP contribution in [-0.2, 0) is 22.7 Å². The van der Waals surface area contributed by atoms with E-state index in [0.29, 0.717) is 43.2 Å². The average Bonchev–Trinajstić information content (AvgIpc) is 3.97. The van der Waals surface area contributed by atoms with E-state index in [0.717, 1.165) is 23.5 Å². The van der Waals surface area contributed by atoms with Gasteiger partial charge in [-0.15, -0.1) is 23.5 Å². The Kier molecular flexibility index (Phi) is 11.8. The number of ether oxygens (including phenoxy) is 2. The van der Waals surface area contributed by atoms with Gasteiger partial charge in [-0.3, -0.25) is 9.59 Å². The molecule has 6 aromatic carbocycles. The number of carbonyl (C=O) groups excluding carboxylic acids is 4. The van der Waals surface area contributed by atoms with Crippen molar-refractivity contribution in [3.05, 3.63) is 248 Å². The molecule has 14 heteroatoms. The van der Waals surface area contributed by atoms with E-state index in [1.807, 2.05) is 0 Å². The molecule has 10 rings (SSSR count). The molecule has 2 aliphatic heterocycles. The molecule has 0 spiro atoms. The summed E-state index contributed by atoms with van der Waals surface area (Å²) in [6.45, 7) is 2.82. The molecule has 2 aliphatic carbocycles. The number of esters is 2. The Labute approximate surface area is 412 Å². The summed E-state index contributed by atoms with van der Waals surface area (Å²) in [5.41, 5.74) is -0.101. The largest absolute Gasteiger partial charge is 0.457 e. The van der Waals surface area contributed by atoms with Gasteiger partial charge in [0.15, 0.2) is 11.6 Å². The van der Waals surface area contributed by atoms with Gasteiger partial charge in [0.1, 0.15) is 13.2 Å². The lowest BCUT2D eigenvalue weighted by atomic mass is 9.71. The van der Waals surface area contributed by atoms with Gasteiger partial charge >= 0.3 is 29.7 Å². The third-order valence-corrected chi connectivity index (χ3v) is 16.7. The number of allylic oxidation sites excluding steroid dienone is 4. The molecular formula is C57H38F6O6S2. The van der Waals surface area contributed by atoms with Crippen molar-refractivity contribution < 1.29 is 55.0 Å². The minimum Gasteiger partial charge on any atom is -0.457 e. The number of carbonyl (C=O) groups is 4. The van der Waals surface area contributed by atoms with Gasteiger partial charge < -0.3 is 9.47 Å². The number of ketones is 2. The molecule has 2 unspecified atom stereocenters. The molecule has 356 valence electrons. The first-order chi connectivity index (χ1) is 33.9. The molecule has 4 aliphatic rings. The minimum absolute atomic E-state index is 0.0757. The molecule has 0 radical (unpaired) electrons. The van der Waals surface area contributed by atoms with Crippen LogP contribution in [-0.4, -0.2) is 50.8 Å². The number of halogens is 6. The molecule has 0 aromatic heterocycles. The second-order valence-electron chi connectivity index (χ2n) is 17.6. The molecule has 0 bridgehead atoms. The Bertz CT molecular complexity index is 3110. The van der Waals surface area contributed by atoms with Gasteiger partial charge in [-0.1, -0.05) is 146 Å². The fourth-order valence-electron chi connectivity index (χ4n) is 9.39. The van der Waals surface area contributed by atoms with Crippen LogP contribution in [0.5, 0.6) is 0 Å². The topological polar surface area (TPSA) is 86.7 Å². The van der Waals surface area contributed by atoms with Crippen LogP contribution < -0.4 is 0 Å². The predicted octanol–water partition coefficient (Wildman–Crippen LogP) is 13.8. The van der Waals surface area contributed by atoms with E-state index in [1.54, 1.807) is 147 Å². The quantitative estimate of drug-likeness (QED) is 0.0681. The van der Waals surface area contributed by atoms with Crippen molar-refractivity contribution in [3.63, 3.8) is 0 Å². The first-order valence-electron chi connectivity index (χ1n) is 22.2. The molecule has 0 N–H and O–H groups in total. The molecular weight excluding hydrogens is 959 g/mol. The van der Waals surface area contributed by atoms with Crippen LogP contribution in [0.2, 0.25) is 0 Å². The highest BCUT2D eigenvalue weighted by Crippen LogP contribution is 2.75. The first-order valence-corrected chi connectivity index (χ1v) is 23.9. The Morgan fingerprint density at radius 3 is 1.11 bits per heavy atom. The van der Waals surface area contributed by atoms with Crippen molar-refractivity contribution in [3.8, 4) is 0 Å². The molecule has 0 saturated heterocycles. The second-order valence-corrected chi connectivity index (χ2v) is 20.5. The highest BCUT2D eigenvalue weighted by atomic mass is 32.2. The highest BCUT2D eigenvalue weighted by molar-refractivity contribution is 8.14. The zero-order chi connectivity index (χ0) is 50.1. The van der Waals surface area contributed by atoms with E-state index < -0.39 is 50.3 Å². The average molecular weight is 997 g/mol. The van der Waals surface area contributed by atoms with Crippen LogP contribution in [0.15, 0.2) is 192 Å². The third-order valence-electron chi connectivity index (χ3n) is 13.4. The summed E-state index contributed by atoms with van der Waals surface area (Å²) in [6.07, 6.45) is 2.60. The van der Waals surface area contributed by atoms with Crippen molar-refractivity contribution >= 4 is 56.8 Å². The zero-order valence-electron chi connectivity index (χ0n) is 37.6. The summed E-state index contributed by atoms with van der Waals surface area (Å²) in [5.74, 6) is -18.4. The SMILES string of the molecule is CC12SC(c3ccc(COC(=O)c4ccccc4C(=O)c4ccccc4)cc3)=CC1=C1C(=C3C=C(c4ccc(COC(=O)c5ccccc5C(=O)c5ccccc5)cc4)SC32C)C(F)(F)C(F)(F)C1(F)F. The van der Waals surface area contributed by atoms with Gasteiger partial charge in [-0.25, -0.2) is 9.59 Å². The number of hydrogen-bond acceptors (Lipinski definition) is 8. The van der Waals surface area contributed by atoms with Crippen molar-refractivity contribution in [2.24, 2.45) is 0 Å². The highest BCUT2D eigenvalue weighted by Gasteiger charge is 2.84. The predicted molar refractivity (Wildman–Crippen MR) is 261 cm³/mol. The summed E-state index contributed by atoms with van der Waals surface area (Å²) in [5, 5.41) is 0. The lowest BCUT2D eigenvalue weighted by Crippen LogP contribution is -2.48. The molecule has 71 heavy (non-hydrogen) atoms. The summed E-state index contributed by atoms with van der Waals surface area (Å²) in [6, 6.07) is 42.6. The van der Waals surface area contributed by atoms with Crippen LogP contribution in [0.1, 0.15) is 88.7 Å². The lowest BCUT2D eigenvalue weighted by Gasteiger charge is -2.47. The van der Waals surface area contributed by atoms with Crippen molar-refractivity contribution in [2.45, 2.75) is 54.3 Å². The molecule has 6 nitrogen and oxygen atoms in total. The molecule has 0 amide bonds. The minimum atomic E-state index is -5.73. The van der Waals surface area contributed by atoms with Crippen LogP contribution >= 0.6 is 23.5 Å². The number of rotatable bonds is 12. The van der Waals surface area contributed by atoms with E-state index >= 15 is 26.3 Å². The maximum atomic E-state index is 16.1. The van der Waals surface area contributed by atoms with Crippen molar-refractivity contribution in [2.75, 3.05) is 0 Å². The van der Waals surface area contributed by atoms with Crippen LogP contribution in [0.3, 0.4) is 0 Å². The van der Waals surface area contributed by atoms with Gasteiger partial charge in [-0.2, -0.15) is 26.3 Å². The Hall–Kier alpha value is -7.16. The summed E-state index contributed by atoms with van der Waals surface area (Å²) < 4.78 is 104. The lowest BCUT2D eigenvalue weighted by molar-refractivity contribution is -0.258. The van der Waals surface area contributed by atoms with E-state index in [-0.39, 0.29) is 58.2 Å². The zero-order valence-corrected chi connectivity index (χ0v) is 39.2. The van der Waals surface area contributed by atoms with Gasteiger partial charge in [0, 0.05) is 43.2 Å². The van der Waals surface area contributed by atoms with E-state index in [9.17, 15) is 19.2 Å². The number of benzene rings is 6. The van der Waals surface area contributed by atoms with Crippen LogP contribution in [0.25, 0.3) is 9.81 Å². The van der Waals surface area contributed by atoms with Crippen LogP contribution in [0, 0.1) is 0 Å². The van der Waals surface area contributed by atoms with E-state index in [4.69, 9.17) is 9.47 Å². The molecule has 6 aromatic rings. The third kappa shape index (κ3) is 7.70. The van der Waals surface area contributed by atoms with Crippen LogP contribution in [0.4, 0.5) is 26.3 Å². The normalized spacial score (nSPS) is 21.1. The standard InChI is InChI=1S/C57H38F6O6S2/c1-53-43(29-45(70-53)35-25-21-33(22-26-35)31-68-51(66)41-19-11-9-17-39(41)49(64)37-13-5-3-6-14-37)47-48(56(60,61)57(62,63)55(47,58)59)44-30-46(71-54(44,53)2)36-27-23-34(24-28-36)32-69-52(67)42-20-12-10-18-40(42)50(65)38-15-7-4-8-16-38/h3-30H,31-32H2,1-2H3. The second kappa shape index (κ2) is 17.6. The first kappa shape index (κ1) is 47.5. The Balaban J connectivity index is 0.888. The Morgan fingerprint density at radius 1 is 0.437 bits per heavy atom. The summed E-state index contributed by atoms with van der Waals surface area (Å²) in [4.78, 5) is 53.7. The fraction of sp³-hybridized carbons (Fsp3) is 0.158. The molecule has 2 heterocycles. The van der Waals surface area contributed by atoms with Gasteiger partial charge in [-0.05, 0) is 71.5 Å². The number of fused-ring (bicyclic) bond motifs is 4. The van der Waals surface area contributed by atoms with E-state index in [2.05, 4.69) is 0 Å². The number of thioether (sulfide) groups is 2. The van der Waals surface area contributed by atoms with Gasteiger partial charge in [0.2, 0.25) is 0 Å². The summed E-state index contributed by atoms with van der Waals surface area (Å²) in [7, 11) is 0. The molecule has 1 saturated carbocycles. The maximum absolute atomic E-state index is 16.1. The van der Waals surface area contributed by atoms with Gasteiger partial charge in [0.05, 0.1) is 20.6 Å². The Morgan fingerprint density at radius 2 is 0.761 bits per heavy atom. The molecule has 2 atom stereocenters. The maximum Gasteiger partial charge on any atom is 0.380 e. The molecule has 1 fully saturated rings. The monoisotopic (exact) mass is 996 g/mol. The number of hydrogen-bond donors (Lipinski definition) is 0. The summed E-state index contributed by atoms with van der Waals surface area (Å²) >= 11 is 2.22. The van der Waals surface area contributed by atoms with Crippen molar-refractivity contribution in [1.82, 2.24) is 0 Å². The van der Waals surface area contributed by atoms with Gasteiger partial charge in [0.25, 0.3) is 0 Å².